The molecule has 5 nitrogen and oxygen atoms in total. The minimum absolute atomic E-state index is 0.0516. The lowest BCUT2D eigenvalue weighted by Crippen LogP contribution is -2.22. The number of para-hydroxylation sites is 1. The van der Waals surface area contributed by atoms with Gasteiger partial charge in [0.1, 0.15) is 10.7 Å². The Morgan fingerprint density at radius 3 is 2.38 bits per heavy atom. The van der Waals surface area contributed by atoms with Gasteiger partial charge in [-0.05, 0) is 24.3 Å². The first-order valence-corrected chi connectivity index (χ1v) is 8.76. The minimum atomic E-state index is -0.475. The van der Waals surface area contributed by atoms with Crippen LogP contribution in [0.25, 0.3) is 5.69 Å². The van der Waals surface area contributed by atoms with Crippen molar-refractivity contribution in [2.24, 2.45) is 5.10 Å². The van der Waals surface area contributed by atoms with E-state index in [1.54, 1.807) is 36.4 Å². The molecule has 0 fully saturated rings. The third-order valence-corrected chi connectivity index (χ3v) is 4.89. The fourth-order valence-electron chi connectivity index (χ4n) is 2.09. The van der Waals surface area contributed by atoms with Gasteiger partial charge in [0.25, 0.3) is 5.56 Å². The van der Waals surface area contributed by atoms with Crippen LogP contribution in [0.1, 0.15) is 5.56 Å². The maximum atomic E-state index is 12.4. The summed E-state index contributed by atoms with van der Waals surface area (Å²) < 4.78 is 1.20. The summed E-state index contributed by atoms with van der Waals surface area (Å²) in [6.45, 7) is 0. The van der Waals surface area contributed by atoms with Gasteiger partial charge in [0, 0.05) is 5.56 Å². The molecular weight excluding hydrogens is 418 g/mol. The van der Waals surface area contributed by atoms with Crippen LogP contribution < -0.4 is 11.0 Å². The fraction of sp³-hybridized carbons (Fsp3) is 0. The van der Waals surface area contributed by atoms with Gasteiger partial charge in [0.05, 0.1) is 33.2 Å². The Morgan fingerprint density at radius 2 is 1.65 bits per heavy atom. The molecule has 1 aromatic heterocycles. The predicted octanol–water partition coefficient (Wildman–Crippen LogP) is 5.29. The number of halogens is 4. The summed E-state index contributed by atoms with van der Waals surface area (Å²) in [4.78, 5) is 12.4. The molecule has 3 aromatic rings. The molecular formula is C17H10Cl4N4O. The van der Waals surface area contributed by atoms with E-state index in [0.29, 0.717) is 21.3 Å². The largest absolute Gasteiger partial charge is 0.292 e. The molecule has 0 unspecified atom stereocenters. The standard InChI is InChI=1S/C17H10Cl4N4O/c18-12-6-7-13(19)15(20)11(12)8-22-24-14-9-23-25(17(26)16(14)21)10-4-2-1-3-5-10/h1-9,24H/b22-8-. The number of benzene rings is 2. The van der Waals surface area contributed by atoms with Gasteiger partial charge in [-0.15, -0.1) is 0 Å². The number of nitrogens with one attached hydrogen (secondary N) is 1. The molecule has 0 aliphatic rings. The van der Waals surface area contributed by atoms with Crippen LogP contribution in [0.5, 0.6) is 0 Å². The molecule has 9 heteroatoms. The van der Waals surface area contributed by atoms with Crippen molar-refractivity contribution in [3.8, 4) is 5.69 Å². The Hall–Kier alpha value is -2.05. The van der Waals surface area contributed by atoms with Crippen molar-refractivity contribution in [1.82, 2.24) is 9.78 Å². The van der Waals surface area contributed by atoms with Gasteiger partial charge in [0.15, 0.2) is 0 Å². The molecule has 0 radical (unpaired) electrons. The van der Waals surface area contributed by atoms with Crippen LogP contribution in [-0.4, -0.2) is 16.0 Å². The van der Waals surface area contributed by atoms with E-state index in [1.807, 2.05) is 6.07 Å². The van der Waals surface area contributed by atoms with Gasteiger partial charge in [0.2, 0.25) is 0 Å². The highest BCUT2D eigenvalue weighted by atomic mass is 35.5. The van der Waals surface area contributed by atoms with Crippen LogP contribution in [0.2, 0.25) is 20.1 Å². The first kappa shape index (κ1) is 18.7. The van der Waals surface area contributed by atoms with E-state index in [0.717, 1.165) is 0 Å². The summed E-state index contributed by atoms with van der Waals surface area (Å²) in [5.41, 5.74) is 3.47. The lowest BCUT2D eigenvalue weighted by Gasteiger charge is -2.08. The molecule has 0 aliphatic heterocycles. The van der Waals surface area contributed by atoms with Crippen molar-refractivity contribution in [3.63, 3.8) is 0 Å². The highest BCUT2D eigenvalue weighted by Gasteiger charge is 2.11. The highest BCUT2D eigenvalue weighted by molar-refractivity contribution is 6.45. The van der Waals surface area contributed by atoms with E-state index in [1.165, 1.54) is 17.1 Å². The third kappa shape index (κ3) is 3.86. The zero-order valence-corrected chi connectivity index (χ0v) is 16.0. The van der Waals surface area contributed by atoms with E-state index in [4.69, 9.17) is 46.4 Å². The molecule has 0 saturated heterocycles. The smallest absolute Gasteiger partial charge is 0.275 e. The van der Waals surface area contributed by atoms with Crippen LogP contribution in [0.3, 0.4) is 0 Å². The first-order valence-electron chi connectivity index (χ1n) is 7.25. The summed E-state index contributed by atoms with van der Waals surface area (Å²) in [6.07, 6.45) is 2.78. The molecule has 0 bridgehead atoms. The Labute approximate surface area is 168 Å². The van der Waals surface area contributed by atoms with Crippen molar-refractivity contribution >= 4 is 58.3 Å². The number of hydrogen-bond donors (Lipinski definition) is 1. The minimum Gasteiger partial charge on any atom is -0.275 e. The van der Waals surface area contributed by atoms with Crippen molar-refractivity contribution in [2.45, 2.75) is 0 Å². The average Bonchev–Trinajstić information content (AvgIpc) is 2.65. The third-order valence-electron chi connectivity index (χ3n) is 3.38. The van der Waals surface area contributed by atoms with Gasteiger partial charge in [-0.2, -0.15) is 14.9 Å². The van der Waals surface area contributed by atoms with Crippen LogP contribution in [-0.2, 0) is 0 Å². The molecule has 2 aromatic carbocycles. The lowest BCUT2D eigenvalue weighted by atomic mass is 10.2. The molecule has 3 rings (SSSR count). The molecule has 0 atom stereocenters. The second-order valence-electron chi connectivity index (χ2n) is 5.05. The Bertz CT molecular complexity index is 1030. The Kier molecular flexibility index (Phi) is 5.84. The van der Waals surface area contributed by atoms with Crippen LogP contribution in [0.15, 0.2) is 58.6 Å². The highest BCUT2D eigenvalue weighted by Crippen LogP contribution is 2.30. The second kappa shape index (κ2) is 8.10. The van der Waals surface area contributed by atoms with Gasteiger partial charge in [-0.25, -0.2) is 0 Å². The van der Waals surface area contributed by atoms with Crippen molar-refractivity contribution in [3.05, 3.63) is 84.7 Å². The number of anilines is 1. The monoisotopic (exact) mass is 426 g/mol. The van der Waals surface area contributed by atoms with Gasteiger partial charge >= 0.3 is 0 Å². The average molecular weight is 428 g/mol. The van der Waals surface area contributed by atoms with E-state index in [-0.39, 0.29) is 15.7 Å². The van der Waals surface area contributed by atoms with Crippen molar-refractivity contribution in [2.75, 3.05) is 5.43 Å². The van der Waals surface area contributed by atoms with Crippen molar-refractivity contribution < 1.29 is 0 Å². The van der Waals surface area contributed by atoms with E-state index >= 15 is 0 Å². The Morgan fingerprint density at radius 1 is 0.962 bits per heavy atom. The summed E-state index contributed by atoms with van der Waals surface area (Å²) in [6, 6.07) is 12.1. The van der Waals surface area contributed by atoms with E-state index < -0.39 is 5.56 Å². The fourth-order valence-corrected chi connectivity index (χ4v) is 2.90. The zero-order valence-electron chi connectivity index (χ0n) is 13.0. The van der Waals surface area contributed by atoms with Gasteiger partial charge < -0.3 is 0 Å². The Balaban J connectivity index is 1.87. The molecule has 1 heterocycles. The summed E-state index contributed by atoms with van der Waals surface area (Å²) in [5, 5.41) is 9.05. The van der Waals surface area contributed by atoms with Crippen LogP contribution in [0, 0.1) is 0 Å². The van der Waals surface area contributed by atoms with Crippen molar-refractivity contribution in [1.29, 1.82) is 0 Å². The maximum Gasteiger partial charge on any atom is 0.292 e. The molecule has 26 heavy (non-hydrogen) atoms. The van der Waals surface area contributed by atoms with Crippen LogP contribution >= 0.6 is 46.4 Å². The summed E-state index contributed by atoms with van der Waals surface area (Å²) >= 11 is 24.3. The predicted molar refractivity (Wildman–Crippen MR) is 108 cm³/mol. The maximum absolute atomic E-state index is 12.4. The lowest BCUT2D eigenvalue weighted by molar-refractivity contribution is 0.808. The second-order valence-corrected chi connectivity index (χ2v) is 6.62. The quantitative estimate of drug-likeness (QED) is 0.349. The molecule has 0 saturated carbocycles. The topological polar surface area (TPSA) is 59.3 Å². The molecule has 132 valence electrons. The summed E-state index contributed by atoms with van der Waals surface area (Å²) in [7, 11) is 0. The number of aromatic nitrogens is 2. The molecule has 0 amide bonds. The SMILES string of the molecule is O=c1c(Cl)c(N/N=C\c2c(Cl)ccc(Cl)c2Cl)cnn1-c1ccccc1. The first-order chi connectivity index (χ1) is 12.5. The molecule has 0 spiro atoms. The van der Waals surface area contributed by atoms with E-state index in [9.17, 15) is 4.79 Å². The number of hydrazone groups is 1. The van der Waals surface area contributed by atoms with Crippen LogP contribution in [0.4, 0.5) is 5.69 Å². The number of nitrogens with zero attached hydrogens (tertiary/aromatic N) is 3. The zero-order chi connectivity index (χ0) is 18.7. The normalized spacial score (nSPS) is 11.1. The molecule has 1 N–H and O–H groups in total. The van der Waals surface area contributed by atoms with Gasteiger partial charge in [-0.3, -0.25) is 10.2 Å². The number of hydrogen-bond acceptors (Lipinski definition) is 4. The summed E-state index contributed by atoms with van der Waals surface area (Å²) in [5.74, 6) is 0. The van der Waals surface area contributed by atoms with Gasteiger partial charge in [-0.1, -0.05) is 64.6 Å². The number of rotatable bonds is 4. The molecule has 0 aliphatic carbocycles. The van der Waals surface area contributed by atoms with E-state index in [2.05, 4.69) is 15.6 Å².